The summed E-state index contributed by atoms with van der Waals surface area (Å²) in [6, 6.07) is 30.7. The van der Waals surface area contributed by atoms with Crippen LogP contribution in [0, 0.1) is 0 Å². The predicted molar refractivity (Wildman–Crippen MR) is 152 cm³/mol. The number of ether oxygens (including phenoxy) is 1. The number of alkyl halides is 3. The first-order chi connectivity index (χ1) is 19.2. The van der Waals surface area contributed by atoms with Crippen LogP contribution in [0.4, 0.5) is 13.2 Å². The molecule has 0 aliphatic rings. The van der Waals surface area contributed by atoms with Crippen LogP contribution in [0.5, 0.6) is 5.75 Å². The third kappa shape index (κ3) is 7.87. The average molecular weight is 567 g/mol. The highest BCUT2D eigenvalue weighted by molar-refractivity contribution is 6.32. The minimum atomic E-state index is -4.54. The molecule has 0 fully saturated rings. The highest BCUT2D eigenvalue weighted by atomic mass is 35.5. The molecule has 1 amide bonds. The van der Waals surface area contributed by atoms with Crippen LogP contribution in [0.2, 0.25) is 5.02 Å². The molecule has 8 heteroatoms. The second-order valence-electron chi connectivity index (χ2n) is 9.48. The van der Waals surface area contributed by atoms with Crippen molar-refractivity contribution in [1.29, 1.82) is 0 Å². The van der Waals surface area contributed by atoms with E-state index >= 15 is 0 Å². The van der Waals surface area contributed by atoms with Gasteiger partial charge in [-0.05, 0) is 47.4 Å². The molecule has 0 saturated heterocycles. The zero-order valence-corrected chi connectivity index (χ0v) is 22.5. The molecule has 0 spiro atoms. The minimum Gasteiger partial charge on any atom is -0.494 e. The number of carbonyl (C=O) groups excluding carboxylic acids is 1. The second kappa shape index (κ2) is 13.5. The Bertz CT molecular complexity index is 1360. The fourth-order valence-corrected chi connectivity index (χ4v) is 4.94. The quantitative estimate of drug-likeness (QED) is 0.180. The van der Waals surface area contributed by atoms with E-state index in [1.807, 2.05) is 36.4 Å². The lowest BCUT2D eigenvalue weighted by Gasteiger charge is -2.29. The van der Waals surface area contributed by atoms with Crippen molar-refractivity contribution in [2.75, 3.05) is 19.7 Å². The monoisotopic (exact) mass is 566 g/mol. The average Bonchev–Trinajstić information content (AvgIpc) is 2.95. The number of halogens is 4. The number of benzene rings is 4. The molecule has 0 heterocycles. The molecule has 2 N–H and O–H groups in total. The first-order valence-corrected chi connectivity index (χ1v) is 13.3. The summed E-state index contributed by atoms with van der Waals surface area (Å²) in [5.74, 6) is -0.0298. The van der Waals surface area contributed by atoms with Crippen molar-refractivity contribution in [3.63, 3.8) is 0 Å². The molecule has 0 radical (unpaired) electrons. The molecule has 0 aliphatic carbocycles. The van der Waals surface area contributed by atoms with Crippen molar-refractivity contribution >= 4 is 17.5 Å². The molecule has 0 atom stereocenters. The van der Waals surface area contributed by atoms with Gasteiger partial charge in [0.2, 0.25) is 5.91 Å². The van der Waals surface area contributed by atoms with Crippen LogP contribution in [-0.2, 0) is 12.7 Å². The largest absolute Gasteiger partial charge is 0.494 e. The Kier molecular flexibility index (Phi) is 9.85. The van der Waals surface area contributed by atoms with Crippen molar-refractivity contribution in [1.82, 2.24) is 4.90 Å². The molecule has 0 aliphatic heterocycles. The molecule has 4 aromatic carbocycles. The molecule has 0 unspecified atom stereocenters. The van der Waals surface area contributed by atoms with Gasteiger partial charge in [-0.2, -0.15) is 13.2 Å². The van der Waals surface area contributed by atoms with Gasteiger partial charge in [0.05, 0.1) is 17.2 Å². The van der Waals surface area contributed by atoms with Gasteiger partial charge in [0, 0.05) is 31.1 Å². The lowest BCUT2D eigenvalue weighted by molar-refractivity contribution is -0.137. The van der Waals surface area contributed by atoms with Gasteiger partial charge in [-0.15, -0.1) is 0 Å². The molecule has 208 valence electrons. The van der Waals surface area contributed by atoms with E-state index in [9.17, 15) is 18.0 Å². The highest BCUT2D eigenvalue weighted by Crippen LogP contribution is 2.37. The molecule has 4 aromatic rings. The maximum absolute atomic E-state index is 13.6. The standard InChI is InChI=1S/C32H30ClF3N2O2/c33-30-26(15-8-17-29(30)32(34,35)36)21-38(18-9-19-40-27-16-7-14-25(20-27)31(37)39)22-28(23-10-3-1-4-11-23)24-12-5-2-6-13-24/h1-8,10-17,20,28H,9,18-19,21-22H2,(H2,37,39). The van der Waals surface area contributed by atoms with Crippen LogP contribution < -0.4 is 10.5 Å². The summed E-state index contributed by atoms with van der Waals surface area (Å²) in [6.45, 7) is 1.67. The van der Waals surface area contributed by atoms with Crippen molar-refractivity contribution in [3.8, 4) is 5.75 Å². The maximum atomic E-state index is 13.6. The molecule has 0 saturated carbocycles. The van der Waals surface area contributed by atoms with E-state index in [2.05, 4.69) is 29.2 Å². The van der Waals surface area contributed by atoms with Crippen LogP contribution in [0.15, 0.2) is 103 Å². The molecular formula is C32H30ClF3N2O2. The summed E-state index contributed by atoms with van der Waals surface area (Å²) in [5.41, 5.74) is 7.49. The summed E-state index contributed by atoms with van der Waals surface area (Å²) >= 11 is 6.28. The van der Waals surface area contributed by atoms with E-state index in [0.29, 0.717) is 43.0 Å². The Morgan fingerprint density at radius 3 is 2.10 bits per heavy atom. The normalized spacial score (nSPS) is 11.7. The molecule has 0 bridgehead atoms. The van der Waals surface area contributed by atoms with Gasteiger partial charge in [0.1, 0.15) is 5.75 Å². The van der Waals surface area contributed by atoms with E-state index < -0.39 is 17.6 Å². The Balaban J connectivity index is 1.56. The van der Waals surface area contributed by atoms with E-state index in [1.165, 1.54) is 6.07 Å². The van der Waals surface area contributed by atoms with E-state index in [-0.39, 0.29) is 17.5 Å². The van der Waals surface area contributed by atoms with Gasteiger partial charge in [-0.3, -0.25) is 9.69 Å². The van der Waals surface area contributed by atoms with E-state index in [0.717, 1.165) is 17.2 Å². The zero-order chi connectivity index (χ0) is 28.5. The summed E-state index contributed by atoms with van der Waals surface area (Å²) < 4.78 is 46.5. The number of amides is 1. The Morgan fingerprint density at radius 2 is 1.50 bits per heavy atom. The van der Waals surface area contributed by atoms with Crippen molar-refractivity contribution in [2.45, 2.75) is 25.1 Å². The van der Waals surface area contributed by atoms with Gasteiger partial charge >= 0.3 is 6.18 Å². The number of primary amides is 1. The third-order valence-electron chi connectivity index (χ3n) is 6.63. The SMILES string of the molecule is NC(=O)c1cccc(OCCCN(Cc2cccc(C(F)(F)F)c2Cl)CC(c2ccccc2)c2ccccc2)c1. The Labute approximate surface area is 237 Å². The first-order valence-electron chi connectivity index (χ1n) is 12.9. The van der Waals surface area contributed by atoms with E-state index in [1.54, 1.807) is 30.3 Å². The number of hydrogen-bond acceptors (Lipinski definition) is 3. The second-order valence-corrected chi connectivity index (χ2v) is 9.86. The fraction of sp³-hybridized carbons (Fsp3) is 0.219. The third-order valence-corrected chi connectivity index (χ3v) is 7.08. The summed E-state index contributed by atoms with van der Waals surface area (Å²) in [7, 11) is 0. The van der Waals surface area contributed by atoms with Gasteiger partial charge in [-0.1, -0.05) is 90.5 Å². The summed E-state index contributed by atoms with van der Waals surface area (Å²) in [4.78, 5) is 13.6. The molecular weight excluding hydrogens is 537 g/mol. The maximum Gasteiger partial charge on any atom is 0.417 e. The van der Waals surface area contributed by atoms with Crippen molar-refractivity contribution in [3.05, 3.63) is 136 Å². The lowest BCUT2D eigenvalue weighted by Crippen LogP contribution is -2.31. The van der Waals surface area contributed by atoms with Crippen LogP contribution in [0.25, 0.3) is 0 Å². The van der Waals surface area contributed by atoms with Gasteiger partial charge in [0.25, 0.3) is 0 Å². The molecule has 4 rings (SSSR count). The highest BCUT2D eigenvalue weighted by Gasteiger charge is 2.34. The molecule has 4 nitrogen and oxygen atoms in total. The first kappa shape index (κ1) is 29.2. The number of carbonyl (C=O) groups is 1. The summed E-state index contributed by atoms with van der Waals surface area (Å²) in [6.07, 6.45) is -3.95. The van der Waals surface area contributed by atoms with Crippen LogP contribution in [-0.4, -0.2) is 30.5 Å². The number of nitrogens with two attached hydrogens (primary N) is 1. The molecule has 0 aromatic heterocycles. The zero-order valence-electron chi connectivity index (χ0n) is 21.8. The smallest absolute Gasteiger partial charge is 0.417 e. The fourth-order valence-electron chi connectivity index (χ4n) is 4.65. The van der Waals surface area contributed by atoms with Crippen LogP contribution in [0.1, 0.15) is 45.0 Å². The van der Waals surface area contributed by atoms with Gasteiger partial charge in [0.15, 0.2) is 0 Å². The van der Waals surface area contributed by atoms with Crippen molar-refractivity contribution < 1.29 is 22.7 Å². The predicted octanol–water partition coefficient (Wildman–Crippen LogP) is 7.56. The van der Waals surface area contributed by atoms with Crippen LogP contribution >= 0.6 is 11.6 Å². The van der Waals surface area contributed by atoms with Gasteiger partial charge in [-0.25, -0.2) is 0 Å². The Morgan fingerprint density at radius 1 is 0.875 bits per heavy atom. The molecule has 40 heavy (non-hydrogen) atoms. The van der Waals surface area contributed by atoms with E-state index in [4.69, 9.17) is 22.1 Å². The number of hydrogen-bond donors (Lipinski definition) is 1. The lowest BCUT2D eigenvalue weighted by atomic mass is 9.90. The number of nitrogens with zero attached hydrogens (tertiary/aromatic N) is 1. The summed E-state index contributed by atoms with van der Waals surface area (Å²) in [5, 5.41) is -0.282. The van der Waals surface area contributed by atoms with Crippen molar-refractivity contribution in [2.24, 2.45) is 5.73 Å². The topological polar surface area (TPSA) is 55.6 Å². The van der Waals surface area contributed by atoms with Gasteiger partial charge < -0.3 is 10.5 Å². The minimum absolute atomic E-state index is 0.0138. The van der Waals surface area contributed by atoms with Crippen LogP contribution in [0.3, 0.4) is 0 Å². The number of rotatable bonds is 12. The Hall–Kier alpha value is -3.81.